The predicted molar refractivity (Wildman–Crippen MR) is 59.8 cm³/mol. The van der Waals surface area contributed by atoms with E-state index in [1.165, 1.54) is 12.1 Å². The zero-order valence-corrected chi connectivity index (χ0v) is 8.77. The van der Waals surface area contributed by atoms with Gasteiger partial charge in [0, 0.05) is 17.5 Å². The highest BCUT2D eigenvalue weighted by atomic mass is 19.1. The van der Waals surface area contributed by atoms with E-state index in [9.17, 15) is 9.18 Å². The molecule has 0 aliphatic heterocycles. The molecule has 80 valence electrons. The van der Waals surface area contributed by atoms with E-state index in [1.807, 2.05) is 13.0 Å². The van der Waals surface area contributed by atoms with Crippen LogP contribution in [-0.2, 0) is 0 Å². The van der Waals surface area contributed by atoms with Gasteiger partial charge in [0.15, 0.2) is 6.29 Å². The van der Waals surface area contributed by atoms with Crippen LogP contribution in [0.1, 0.15) is 16.1 Å². The lowest BCUT2D eigenvalue weighted by Gasteiger charge is -2.05. The fourth-order valence-electron chi connectivity index (χ4n) is 1.61. The van der Waals surface area contributed by atoms with Gasteiger partial charge in [-0.15, -0.1) is 0 Å². The molecule has 0 unspecified atom stereocenters. The van der Waals surface area contributed by atoms with Gasteiger partial charge in [-0.25, -0.2) is 4.39 Å². The van der Waals surface area contributed by atoms with Crippen molar-refractivity contribution < 1.29 is 9.18 Å². The average molecular weight is 215 g/mol. The number of nitrogens with zero attached hydrogens (tertiary/aromatic N) is 1. The SMILES string of the molecule is Cc1cc(-c2ccc(F)cc2C=O)ccn1. The molecule has 3 heteroatoms. The summed E-state index contributed by atoms with van der Waals surface area (Å²) < 4.78 is 13.0. The number of halogens is 1. The van der Waals surface area contributed by atoms with E-state index in [1.54, 1.807) is 18.3 Å². The Morgan fingerprint density at radius 1 is 1.25 bits per heavy atom. The summed E-state index contributed by atoms with van der Waals surface area (Å²) in [6.45, 7) is 1.87. The Hall–Kier alpha value is -2.03. The Labute approximate surface area is 92.8 Å². The molecule has 0 atom stereocenters. The molecule has 2 rings (SSSR count). The lowest BCUT2D eigenvalue weighted by Crippen LogP contribution is -1.90. The molecule has 2 aromatic rings. The Bertz CT molecular complexity index is 537. The van der Waals surface area contributed by atoms with Crippen molar-refractivity contribution in [3.05, 3.63) is 53.6 Å². The van der Waals surface area contributed by atoms with Gasteiger partial charge in [-0.3, -0.25) is 9.78 Å². The third-order valence-corrected chi connectivity index (χ3v) is 2.35. The predicted octanol–water partition coefficient (Wildman–Crippen LogP) is 3.01. The number of rotatable bonds is 2. The monoisotopic (exact) mass is 215 g/mol. The summed E-state index contributed by atoms with van der Waals surface area (Å²) in [6.07, 6.45) is 2.33. The van der Waals surface area contributed by atoms with Gasteiger partial charge in [-0.2, -0.15) is 0 Å². The summed E-state index contributed by atoms with van der Waals surface area (Å²) in [4.78, 5) is 14.9. The van der Waals surface area contributed by atoms with Gasteiger partial charge in [0.2, 0.25) is 0 Å². The minimum absolute atomic E-state index is 0.352. The van der Waals surface area contributed by atoms with E-state index >= 15 is 0 Å². The van der Waals surface area contributed by atoms with Crippen molar-refractivity contribution in [3.8, 4) is 11.1 Å². The lowest BCUT2D eigenvalue weighted by atomic mass is 10.0. The summed E-state index contributed by atoms with van der Waals surface area (Å²) in [6, 6.07) is 7.84. The van der Waals surface area contributed by atoms with Gasteiger partial charge < -0.3 is 0 Å². The number of aryl methyl sites for hydroxylation is 1. The van der Waals surface area contributed by atoms with Crippen LogP contribution in [0.4, 0.5) is 4.39 Å². The van der Waals surface area contributed by atoms with Crippen LogP contribution in [0.5, 0.6) is 0 Å². The standard InChI is InChI=1S/C13H10FNO/c1-9-6-10(4-5-15-9)13-3-2-12(14)7-11(13)8-16/h2-8H,1H3. The summed E-state index contributed by atoms with van der Waals surface area (Å²) in [5.74, 6) is -0.406. The van der Waals surface area contributed by atoms with Crippen LogP contribution in [0.25, 0.3) is 11.1 Å². The number of benzene rings is 1. The third-order valence-electron chi connectivity index (χ3n) is 2.35. The van der Waals surface area contributed by atoms with E-state index < -0.39 is 5.82 Å². The molecule has 16 heavy (non-hydrogen) atoms. The first-order valence-corrected chi connectivity index (χ1v) is 4.88. The molecule has 0 amide bonds. The van der Waals surface area contributed by atoms with Crippen LogP contribution in [0.15, 0.2) is 36.5 Å². The first-order valence-electron chi connectivity index (χ1n) is 4.88. The van der Waals surface area contributed by atoms with Gasteiger partial charge in [-0.1, -0.05) is 6.07 Å². The van der Waals surface area contributed by atoms with E-state index in [0.29, 0.717) is 11.8 Å². The maximum atomic E-state index is 13.0. The Morgan fingerprint density at radius 2 is 2.06 bits per heavy atom. The molecule has 1 aromatic carbocycles. The molecule has 0 saturated carbocycles. The van der Waals surface area contributed by atoms with Crippen molar-refractivity contribution in [2.24, 2.45) is 0 Å². The highest BCUT2D eigenvalue weighted by molar-refractivity contribution is 5.87. The average Bonchev–Trinajstić information content (AvgIpc) is 2.28. The van der Waals surface area contributed by atoms with Gasteiger partial charge in [-0.05, 0) is 42.3 Å². The van der Waals surface area contributed by atoms with Crippen LogP contribution in [0.2, 0.25) is 0 Å². The normalized spacial score (nSPS) is 10.1. The number of hydrogen-bond acceptors (Lipinski definition) is 2. The fourth-order valence-corrected chi connectivity index (χ4v) is 1.61. The van der Waals surface area contributed by atoms with E-state index in [0.717, 1.165) is 16.8 Å². The van der Waals surface area contributed by atoms with Crippen LogP contribution < -0.4 is 0 Å². The molecule has 2 nitrogen and oxygen atoms in total. The van der Waals surface area contributed by atoms with Crippen molar-refractivity contribution in [1.82, 2.24) is 4.98 Å². The molecule has 0 spiro atoms. The number of hydrogen-bond donors (Lipinski definition) is 0. The summed E-state index contributed by atoms with van der Waals surface area (Å²) in [7, 11) is 0. The number of aromatic nitrogens is 1. The smallest absolute Gasteiger partial charge is 0.150 e. The molecule has 0 aliphatic carbocycles. The number of carbonyl (C=O) groups excluding carboxylic acids is 1. The quantitative estimate of drug-likeness (QED) is 0.721. The largest absolute Gasteiger partial charge is 0.298 e. The van der Waals surface area contributed by atoms with Gasteiger partial charge in [0.25, 0.3) is 0 Å². The number of aldehydes is 1. The van der Waals surface area contributed by atoms with Crippen LogP contribution in [0.3, 0.4) is 0 Å². The van der Waals surface area contributed by atoms with E-state index in [4.69, 9.17) is 0 Å². The molecule has 0 fully saturated rings. The van der Waals surface area contributed by atoms with Crippen molar-refractivity contribution in [1.29, 1.82) is 0 Å². The zero-order chi connectivity index (χ0) is 11.5. The van der Waals surface area contributed by atoms with Crippen molar-refractivity contribution in [2.75, 3.05) is 0 Å². The highest BCUT2D eigenvalue weighted by Gasteiger charge is 2.06. The molecule has 0 radical (unpaired) electrons. The van der Waals surface area contributed by atoms with Crippen molar-refractivity contribution >= 4 is 6.29 Å². The van der Waals surface area contributed by atoms with E-state index in [-0.39, 0.29) is 0 Å². The van der Waals surface area contributed by atoms with E-state index in [2.05, 4.69) is 4.98 Å². The number of carbonyl (C=O) groups is 1. The second-order valence-electron chi connectivity index (χ2n) is 3.54. The molecular weight excluding hydrogens is 205 g/mol. The van der Waals surface area contributed by atoms with Crippen LogP contribution in [-0.4, -0.2) is 11.3 Å². The Morgan fingerprint density at radius 3 is 2.75 bits per heavy atom. The second kappa shape index (κ2) is 4.23. The molecule has 0 N–H and O–H groups in total. The van der Waals surface area contributed by atoms with Crippen molar-refractivity contribution in [3.63, 3.8) is 0 Å². The molecule has 1 heterocycles. The summed E-state index contributed by atoms with van der Waals surface area (Å²) >= 11 is 0. The van der Waals surface area contributed by atoms with Crippen LogP contribution >= 0.6 is 0 Å². The van der Waals surface area contributed by atoms with Gasteiger partial charge in [0.05, 0.1) is 0 Å². The minimum Gasteiger partial charge on any atom is -0.298 e. The Balaban J connectivity index is 2.59. The molecule has 0 aliphatic rings. The van der Waals surface area contributed by atoms with Gasteiger partial charge >= 0.3 is 0 Å². The minimum atomic E-state index is -0.406. The van der Waals surface area contributed by atoms with Gasteiger partial charge in [0.1, 0.15) is 5.82 Å². The van der Waals surface area contributed by atoms with Crippen molar-refractivity contribution in [2.45, 2.75) is 6.92 Å². The maximum Gasteiger partial charge on any atom is 0.150 e. The topological polar surface area (TPSA) is 30.0 Å². The first-order chi connectivity index (χ1) is 7.70. The molecular formula is C13H10FNO. The highest BCUT2D eigenvalue weighted by Crippen LogP contribution is 2.23. The molecule has 0 saturated heterocycles. The third kappa shape index (κ3) is 1.98. The molecule has 0 bridgehead atoms. The van der Waals surface area contributed by atoms with Crippen LogP contribution in [0, 0.1) is 12.7 Å². The maximum absolute atomic E-state index is 13.0. The number of pyridine rings is 1. The lowest BCUT2D eigenvalue weighted by molar-refractivity contribution is 0.112. The summed E-state index contributed by atoms with van der Waals surface area (Å²) in [5.41, 5.74) is 2.81. The first kappa shape index (κ1) is 10.5. The Kier molecular flexibility index (Phi) is 2.77. The summed E-state index contributed by atoms with van der Waals surface area (Å²) in [5, 5.41) is 0. The fraction of sp³-hybridized carbons (Fsp3) is 0.0769. The second-order valence-corrected chi connectivity index (χ2v) is 3.54. The zero-order valence-electron chi connectivity index (χ0n) is 8.77. The molecule has 1 aromatic heterocycles.